The molecule has 1 atom stereocenters. The quantitative estimate of drug-likeness (QED) is 0.267. The zero-order valence-electron chi connectivity index (χ0n) is 22.2. The average molecular weight is 567 g/mol. The summed E-state index contributed by atoms with van der Waals surface area (Å²) in [5, 5.41) is 1.21. The van der Waals surface area contributed by atoms with Crippen LogP contribution in [0.2, 0.25) is 10.0 Å². The summed E-state index contributed by atoms with van der Waals surface area (Å²) in [5.74, 6) is 0.648. The smallest absolute Gasteiger partial charge is 0.138 e. The van der Waals surface area contributed by atoms with E-state index < -0.39 is 0 Å². The summed E-state index contributed by atoms with van der Waals surface area (Å²) in [7, 11) is 0. The van der Waals surface area contributed by atoms with Crippen LogP contribution in [0.1, 0.15) is 31.7 Å². The third-order valence-electron chi connectivity index (χ3n) is 8.37. The van der Waals surface area contributed by atoms with Gasteiger partial charge in [0.05, 0.1) is 21.7 Å². The number of piperidine rings is 1. The average Bonchev–Trinajstić information content (AvgIpc) is 3.37. The van der Waals surface area contributed by atoms with Gasteiger partial charge in [0.25, 0.3) is 0 Å². The van der Waals surface area contributed by atoms with Crippen LogP contribution < -0.4 is 4.90 Å². The standard InChI is InChI=1S/C31H34Cl2FN5/c1-2-24-20-38(30-18-29-28(17-26(30)33)35-31(36-29)21-6-4-3-5-7-21)14-15-39(24)25-10-12-37(13-11-25)19-22-8-9-23(32)16-27(22)34/h3-9,16-18,24-25H,2,10-15,19-20H2,1H3,(H,35,36)/t24-/m0/s1. The van der Waals surface area contributed by atoms with Crippen molar-refractivity contribution in [2.24, 2.45) is 0 Å². The van der Waals surface area contributed by atoms with Crippen LogP contribution in [-0.4, -0.2) is 64.6 Å². The van der Waals surface area contributed by atoms with Gasteiger partial charge in [0.1, 0.15) is 11.6 Å². The highest BCUT2D eigenvalue weighted by Gasteiger charge is 2.34. The molecule has 0 spiro atoms. The number of aromatic nitrogens is 2. The topological polar surface area (TPSA) is 38.4 Å². The fourth-order valence-corrected chi connectivity index (χ4v) is 6.67. The normalized spacial score (nSPS) is 19.7. The summed E-state index contributed by atoms with van der Waals surface area (Å²) < 4.78 is 14.3. The second-order valence-electron chi connectivity index (χ2n) is 10.8. The van der Waals surface area contributed by atoms with Crippen LogP contribution in [-0.2, 0) is 6.54 Å². The molecule has 8 heteroatoms. The van der Waals surface area contributed by atoms with Gasteiger partial charge in [-0.15, -0.1) is 0 Å². The lowest BCUT2D eigenvalue weighted by molar-refractivity contribution is 0.0609. The van der Waals surface area contributed by atoms with Gasteiger partial charge in [0.15, 0.2) is 0 Å². The van der Waals surface area contributed by atoms with E-state index in [1.807, 2.05) is 30.3 Å². The fraction of sp³-hybridized carbons (Fsp3) is 0.387. The van der Waals surface area contributed by atoms with Crippen LogP contribution >= 0.6 is 23.2 Å². The molecule has 0 radical (unpaired) electrons. The van der Waals surface area contributed by atoms with Crippen molar-refractivity contribution in [2.75, 3.05) is 37.6 Å². The first-order valence-corrected chi connectivity index (χ1v) is 14.7. The summed E-state index contributed by atoms with van der Waals surface area (Å²) in [6, 6.07) is 20.3. The maximum atomic E-state index is 14.3. The Morgan fingerprint density at radius 3 is 2.51 bits per heavy atom. The molecule has 0 amide bonds. The van der Waals surface area contributed by atoms with Gasteiger partial charge in [-0.25, -0.2) is 9.37 Å². The molecule has 1 N–H and O–H groups in total. The van der Waals surface area contributed by atoms with Gasteiger partial charge in [-0.1, -0.05) is 66.5 Å². The molecule has 5 nitrogen and oxygen atoms in total. The molecule has 2 saturated heterocycles. The van der Waals surface area contributed by atoms with Crippen LogP contribution in [0.5, 0.6) is 0 Å². The summed E-state index contributed by atoms with van der Waals surface area (Å²) in [5.41, 5.74) is 4.75. The molecular formula is C31H34Cl2FN5. The first-order chi connectivity index (χ1) is 19.0. The number of piperazine rings is 1. The Morgan fingerprint density at radius 2 is 1.77 bits per heavy atom. The Labute approximate surface area is 239 Å². The number of nitrogens with one attached hydrogen (secondary N) is 1. The number of aromatic amines is 1. The molecule has 4 aromatic rings. The first kappa shape index (κ1) is 26.6. The zero-order chi connectivity index (χ0) is 26.9. The number of rotatable bonds is 6. The van der Waals surface area contributed by atoms with Crippen LogP contribution in [0.4, 0.5) is 10.1 Å². The van der Waals surface area contributed by atoms with Crippen LogP contribution in [0.25, 0.3) is 22.4 Å². The summed E-state index contributed by atoms with van der Waals surface area (Å²) in [6.45, 7) is 7.79. The van der Waals surface area contributed by atoms with Crippen molar-refractivity contribution in [1.29, 1.82) is 0 Å². The van der Waals surface area contributed by atoms with E-state index in [1.54, 1.807) is 6.07 Å². The summed E-state index contributed by atoms with van der Waals surface area (Å²) in [6.07, 6.45) is 3.30. The van der Waals surface area contributed by atoms with Gasteiger partial charge in [-0.05, 0) is 56.6 Å². The Morgan fingerprint density at radius 1 is 0.974 bits per heavy atom. The molecule has 0 unspecified atom stereocenters. The van der Waals surface area contributed by atoms with Crippen LogP contribution in [0.3, 0.4) is 0 Å². The van der Waals surface area contributed by atoms with Gasteiger partial charge in [0.2, 0.25) is 0 Å². The van der Waals surface area contributed by atoms with Crippen molar-refractivity contribution in [3.63, 3.8) is 0 Å². The maximum Gasteiger partial charge on any atom is 0.138 e. The molecule has 39 heavy (non-hydrogen) atoms. The number of hydrogen-bond donors (Lipinski definition) is 1. The van der Waals surface area contributed by atoms with Crippen molar-refractivity contribution < 1.29 is 4.39 Å². The largest absolute Gasteiger partial charge is 0.367 e. The molecule has 204 valence electrons. The second kappa shape index (κ2) is 11.5. The van der Waals surface area contributed by atoms with Crippen molar-refractivity contribution >= 4 is 39.9 Å². The molecule has 0 saturated carbocycles. The SMILES string of the molecule is CC[C@H]1CN(c2cc3nc(-c4ccccc4)[nH]c3cc2Cl)CCN1C1CCN(Cc2ccc(Cl)cc2F)CC1. The Balaban J connectivity index is 1.11. The van der Waals surface area contributed by atoms with E-state index in [-0.39, 0.29) is 5.82 Å². The van der Waals surface area contributed by atoms with Gasteiger partial charge in [-0.3, -0.25) is 9.80 Å². The Kier molecular flexibility index (Phi) is 7.81. The summed E-state index contributed by atoms with van der Waals surface area (Å²) >= 11 is 12.8. The number of benzene rings is 3. The van der Waals surface area contributed by atoms with Crippen molar-refractivity contribution in [3.05, 3.63) is 82.1 Å². The lowest BCUT2D eigenvalue weighted by atomic mass is 9.97. The van der Waals surface area contributed by atoms with E-state index >= 15 is 0 Å². The highest BCUT2D eigenvalue weighted by atomic mass is 35.5. The number of hydrogen-bond acceptors (Lipinski definition) is 4. The molecule has 6 rings (SSSR count). The van der Waals surface area contributed by atoms with Crippen molar-refractivity contribution in [2.45, 2.75) is 44.8 Å². The molecular weight excluding hydrogens is 532 g/mol. The third-order valence-corrected chi connectivity index (χ3v) is 8.91. The van der Waals surface area contributed by atoms with E-state index in [9.17, 15) is 4.39 Å². The highest BCUT2D eigenvalue weighted by Crippen LogP contribution is 2.34. The van der Waals surface area contributed by atoms with E-state index in [2.05, 4.69) is 44.8 Å². The van der Waals surface area contributed by atoms with Gasteiger partial charge in [0, 0.05) is 54.4 Å². The van der Waals surface area contributed by atoms with E-state index in [0.717, 1.165) is 90.7 Å². The van der Waals surface area contributed by atoms with Crippen LogP contribution in [0, 0.1) is 5.82 Å². The first-order valence-electron chi connectivity index (χ1n) is 13.9. The molecule has 2 aliphatic heterocycles. The number of imidazole rings is 1. The second-order valence-corrected chi connectivity index (χ2v) is 11.6. The van der Waals surface area contributed by atoms with E-state index in [1.165, 1.54) is 6.07 Å². The monoisotopic (exact) mass is 565 g/mol. The lowest BCUT2D eigenvalue weighted by Gasteiger charge is -2.48. The molecule has 1 aromatic heterocycles. The molecule has 2 fully saturated rings. The van der Waals surface area contributed by atoms with Crippen molar-refractivity contribution in [1.82, 2.24) is 19.8 Å². The van der Waals surface area contributed by atoms with Crippen molar-refractivity contribution in [3.8, 4) is 11.4 Å². The van der Waals surface area contributed by atoms with E-state index in [0.29, 0.717) is 23.7 Å². The molecule has 3 aromatic carbocycles. The molecule has 0 bridgehead atoms. The minimum absolute atomic E-state index is 0.213. The highest BCUT2D eigenvalue weighted by molar-refractivity contribution is 6.34. The molecule has 2 aliphatic rings. The number of H-pyrrole nitrogens is 1. The number of anilines is 1. The third kappa shape index (κ3) is 5.66. The number of likely N-dealkylation sites (tertiary alicyclic amines) is 1. The number of nitrogens with zero attached hydrogens (tertiary/aromatic N) is 4. The van der Waals surface area contributed by atoms with Crippen LogP contribution in [0.15, 0.2) is 60.7 Å². The van der Waals surface area contributed by atoms with E-state index in [4.69, 9.17) is 28.2 Å². The number of halogens is 3. The molecule has 3 heterocycles. The fourth-order valence-electron chi connectivity index (χ4n) is 6.23. The Bertz CT molecular complexity index is 1430. The molecule has 0 aliphatic carbocycles. The zero-order valence-corrected chi connectivity index (χ0v) is 23.7. The number of fused-ring (bicyclic) bond motifs is 1. The van der Waals surface area contributed by atoms with Gasteiger partial charge in [-0.2, -0.15) is 0 Å². The lowest BCUT2D eigenvalue weighted by Crippen LogP contribution is -2.58. The minimum atomic E-state index is -0.213. The Hall–Kier alpha value is -2.64. The summed E-state index contributed by atoms with van der Waals surface area (Å²) in [4.78, 5) is 15.8. The van der Waals surface area contributed by atoms with Gasteiger partial charge < -0.3 is 9.88 Å². The van der Waals surface area contributed by atoms with Gasteiger partial charge >= 0.3 is 0 Å². The predicted octanol–water partition coefficient (Wildman–Crippen LogP) is 7.24. The predicted molar refractivity (Wildman–Crippen MR) is 159 cm³/mol. The maximum absolute atomic E-state index is 14.3. The minimum Gasteiger partial charge on any atom is -0.367 e.